The molecule has 8 nitrogen and oxygen atoms in total. The van der Waals surface area contributed by atoms with Crippen LogP contribution < -0.4 is 5.32 Å². The summed E-state index contributed by atoms with van der Waals surface area (Å²) >= 11 is 5.55. The number of sulfone groups is 1. The lowest BCUT2D eigenvalue weighted by molar-refractivity contribution is -0.122. The number of rotatable bonds is 7. The number of benzene rings is 1. The van der Waals surface area contributed by atoms with Crippen LogP contribution >= 0.6 is 12.2 Å². The van der Waals surface area contributed by atoms with Crippen LogP contribution in [-0.4, -0.2) is 64.7 Å². The van der Waals surface area contributed by atoms with Gasteiger partial charge in [0.2, 0.25) is 5.91 Å². The minimum Gasteiger partial charge on any atom is -0.351 e. The van der Waals surface area contributed by atoms with E-state index >= 15 is 0 Å². The Balaban J connectivity index is 1.58. The largest absolute Gasteiger partial charge is 0.351 e. The second kappa shape index (κ2) is 8.54. The van der Waals surface area contributed by atoms with E-state index in [2.05, 4.69) is 10.4 Å². The molecule has 1 unspecified atom stereocenters. The van der Waals surface area contributed by atoms with Gasteiger partial charge in [0.05, 0.1) is 31.3 Å². The van der Waals surface area contributed by atoms with E-state index in [9.17, 15) is 13.2 Å². The van der Waals surface area contributed by atoms with Gasteiger partial charge in [0.15, 0.2) is 14.6 Å². The smallest absolute Gasteiger partial charge is 0.234 e. The molecule has 1 N–H and O–H groups in total. The Bertz CT molecular complexity index is 998. The molecule has 0 radical (unpaired) electrons. The average Bonchev–Trinajstić information content (AvgIpc) is 3.08. The lowest BCUT2D eigenvalue weighted by Gasteiger charge is -2.18. The van der Waals surface area contributed by atoms with Crippen molar-refractivity contribution >= 4 is 28.0 Å². The summed E-state index contributed by atoms with van der Waals surface area (Å²) < 4.78 is 27.3. The predicted molar refractivity (Wildman–Crippen MR) is 109 cm³/mol. The molecule has 1 aliphatic heterocycles. The maximum atomic E-state index is 12.2. The van der Waals surface area contributed by atoms with Crippen LogP contribution in [0.1, 0.15) is 17.8 Å². The average molecular weight is 424 g/mol. The van der Waals surface area contributed by atoms with Crippen LogP contribution in [-0.2, 0) is 27.8 Å². The van der Waals surface area contributed by atoms with Crippen molar-refractivity contribution < 1.29 is 13.2 Å². The minimum atomic E-state index is -3.01. The number of nitrogens with zero attached hydrogens (tertiary/aromatic N) is 4. The Hall–Kier alpha value is -2.04. The van der Waals surface area contributed by atoms with E-state index in [1.165, 1.54) is 0 Å². The van der Waals surface area contributed by atoms with Crippen molar-refractivity contribution in [2.45, 2.75) is 32.6 Å². The summed E-state index contributed by atoms with van der Waals surface area (Å²) in [5.41, 5.74) is 1.14. The number of hydrogen-bond acceptors (Lipinski definition) is 6. The number of amides is 1. The second-order valence-electron chi connectivity index (χ2n) is 7.22. The van der Waals surface area contributed by atoms with Crippen molar-refractivity contribution in [2.24, 2.45) is 0 Å². The van der Waals surface area contributed by atoms with Crippen LogP contribution in [0.4, 0.5) is 0 Å². The topological polar surface area (TPSA) is 89.2 Å². The first-order valence-electron chi connectivity index (χ1n) is 9.10. The number of hydrogen-bond donors (Lipinski definition) is 1. The third-order valence-electron chi connectivity index (χ3n) is 4.68. The Kier molecular flexibility index (Phi) is 6.31. The lowest BCUT2D eigenvalue weighted by Crippen LogP contribution is -2.42. The molecule has 3 rings (SSSR count). The number of carbonyl (C=O) groups excluding carboxylic acids is 1. The molecule has 1 saturated heterocycles. The summed E-state index contributed by atoms with van der Waals surface area (Å²) in [7, 11) is -1.21. The number of likely N-dealkylation sites (N-methyl/N-ethyl adjacent to an activating group) is 1. The molecule has 0 spiro atoms. The summed E-state index contributed by atoms with van der Waals surface area (Å²) in [6.45, 7) is 3.06. The van der Waals surface area contributed by atoms with Crippen molar-refractivity contribution in [3.8, 4) is 0 Å². The van der Waals surface area contributed by atoms with Crippen molar-refractivity contribution in [1.82, 2.24) is 24.6 Å². The van der Waals surface area contributed by atoms with E-state index in [0.29, 0.717) is 24.4 Å². The summed E-state index contributed by atoms with van der Waals surface area (Å²) in [6.07, 6.45) is 0.478. The zero-order valence-corrected chi connectivity index (χ0v) is 17.7. The van der Waals surface area contributed by atoms with Gasteiger partial charge in [-0.15, -0.1) is 0 Å². The highest BCUT2D eigenvalue weighted by Gasteiger charge is 2.29. The molecule has 2 aromatic rings. The molecule has 0 bridgehead atoms. The molecule has 0 saturated carbocycles. The standard InChI is InChI=1S/C18H25N5O3S2/c1-14-20-23(18(27)22(14)10-15-6-4-3-5-7-15)13-21(2)11-17(24)19-16-8-9-28(25,26)12-16/h3-7,16H,8-13H2,1-2H3,(H,19,24). The van der Waals surface area contributed by atoms with E-state index in [1.54, 1.807) is 16.6 Å². The third-order valence-corrected chi connectivity index (χ3v) is 6.88. The molecule has 1 atom stereocenters. The van der Waals surface area contributed by atoms with Crippen molar-refractivity contribution in [3.63, 3.8) is 0 Å². The predicted octanol–water partition coefficient (Wildman–Crippen LogP) is 0.963. The zero-order chi connectivity index (χ0) is 20.3. The van der Waals surface area contributed by atoms with Crippen LogP contribution in [0.15, 0.2) is 30.3 Å². The first-order chi connectivity index (χ1) is 13.2. The van der Waals surface area contributed by atoms with Gasteiger partial charge in [0, 0.05) is 6.04 Å². The number of aryl methyl sites for hydroxylation is 1. The number of aromatic nitrogens is 3. The summed E-state index contributed by atoms with van der Waals surface area (Å²) in [4.78, 5) is 14.0. The lowest BCUT2D eigenvalue weighted by atomic mass is 10.2. The molecule has 10 heteroatoms. The molecular weight excluding hydrogens is 398 g/mol. The van der Waals surface area contributed by atoms with Crippen LogP contribution in [0.3, 0.4) is 0 Å². The molecule has 2 heterocycles. The molecule has 0 aliphatic carbocycles. The van der Waals surface area contributed by atoms with Crippen LogP contribution in [0.25, 0.3) is 0 Å². The van der Waals surface area contributed by atoms with E-state index in [-0.39, 0.29) is 30.0 Å². The van der Waals surface area contributed by atoms with Crippen molar-refractivity contribution in [2.75, 3.05) is 25.1 Å². The maximum Gasteiger partial charge on any atom is 0.234 e. The third kappa shape index (κ3) is 5.27. The van der Waals surface area contributed by atoms with Crippen LogP contribution in [0, 0.1) is 11.7 Å². The molecule has 1 aromatic heterocycles. The molecule has 1 aliphatic rings. The highest BCUT2D eigenvalue weighted by molar-refractivity contribution is 7.91. The van der Waals surface area contributed by atoms with Gasteiger partial charge in [-0.3, -0.25) is 14.3 Å². The van der Waals surface area contributed by atoms with Gasteiger partial charge in [-0.1, -0.05) is 30.3 Å². The first kappa shape index (κ1) is 20.7. The summed E-state index contributed by atoms with van der Waals surface area (Å²) in [5.74, 6) is 0.775. The Morgan fingerprint density at radius 2 is 2.07 bits per heavy atom. The zero-order valence-electron chi connectivity index (χ0n) is 16.0. The quantitative estimate of drug-likeness (QED) is 0.668. The fraction of sp³-hybridized carbons (Fsp3) is 0.500. The van der Waals surface area contributed by atoms with Crippen LogP contribution in [0.5, 0.6) is 0 Å². The SMILES string of the molecule is Cc1nn(CN(C)CC(=O)NC2CCS(=O)(=O)C2)c(=S)n1Cc1ccccc1. The van der Waals surface area contributed by atoms with Gasteiger partial charge >= 0.3 is 0 Å². The van der Waals surface area contributed by atoms with Gasteiger partial charge in [-0.2, -0.15) is 5.10 Å². The van der Waals surface area contributed by atoms with Crippen molar-refractivity contribution in [3.05, 3.63) is 46.5 Å². The summed E-state index contributed by atoms with van der Waals surface area (Å²) in [6, 6.07) is 9.73. The molecule has 1 fully saturated rings. The fourth-order valence-corrected chi connectivity index (χ4v) is 5.26. The Labute approximate surface area is 170 Å². The minimum absolute atomic E-state index is 0.0244. The normalized spacial score (nSPS) is 18.5. The molecule has 1 aromatic carbocycles. The van der Waals surface area contributed by atoms with E-state index in [4.69, 9.17) is 12.2 Å². The monoisotopic (exact) mass is 423 g/mol. The highest BCUT2D eigenvalue weighted by Crippen LogP contribution is 2.11. The Morgan fingerprint density at radius 1 is 1.36 bits per heavy atom. The van der Waals surface area contributed by atoms with Gasteiger partial charge in [0.25, 0.3) is 0 Å². The van der Waals surface area contributed by atoms with E-state index in [1.807, 2.05) is 41.8 Å². The van der Waals surface area contributed by atoms with Gasteiger partial charge in [-0.25, -0.2) is 13.1 Å². The number of nitrogens with one attached hydrogen (secondary N) is 1. The fourth-order valence-electron chi connectivity index (χ4n) is 3.30. The van der Waals surface area contributed by atoms with Gasteiger partial charge in [-0.05, 0) is 38.2 Å². The van der Waals surface area contributed by atoms with E-state index < -0.39 is 9.84 Å². The highest BCUT2D eigenvalue weighted by atomic mass is 32.2. The number of carbonyl (C=O) groups is 1. The first-order valence-corrected chi connectivity index (χ1v) is 11.3. The summed E-state index contributed by atoms with van der Waals surface area (Å²) in [5, 5.41) is 7.29. The molecular formula is C18H25N5O3S2. The molecule has 152 valence electrons. The Morgan fingerprint density at radius 3 is 2.71 bits per heavy atom. The van der Waals surface area contributed by atoms with Crippen molar-refractivity contribution in [1.29, 1.82) is 0 Å². The maximum absolute atomic E-state index is 12.2. The van der Waals surface area contributed by atoms with Gasteiger partial charge in [0.1, 0.15) is 5.82 Å². The van der Waals surface area contributed by atoms with E-state index in [0.717, 1.165) is 11.4 Å². The molecule has 1 amide bonds. The van der Waals surface area contributed by atoms with Crippen LogP contribution in [0.2, 0.25) is 0 Å². The molecule has 28 heavy (non-hydrogen) atoms. The second-order valence-corrected chi connectivity index (χ2v) is 9.82. The van der Waals surface area contributed by atoms with Gasteiger partial charge < -0.3 is 5.32 Å².